The summed E-state index contributed by atoms with van der Waals surface area (Å²) >= 11 is 0. The number of carbonyl (C=O) groups excluding carboxylic acids is 1. The third kappa shape index (κ3) is 2.96. The lowest BCUT2D eigenvalue weighted by Crippen LogP contribution is -2.56. The molecule has 1 amide bonds. The predicted molar refractivity (Wildman–Crippen MR) is 92.0 cm³/mol. The van der Waals surface area contributed by atoms with Crippen LogP contribution in [0.4, 0.5) is 5.69 Å². The number of piperidine rings is 2. The number of ether oxygens (including phenoxy) is 2. The molecule has 3 aliphatic rings. The van der Waals surface area contributed by atoms with Crippen molar-refractivity contribution in [3.8, 4) is 0 Å². The first-order chi connectivity index (χ1) is 11.7. The van der Waals surface area contributed by atoms with Gasteiger partial charge in [0.05, 0.1) is 19.3 Å². The molecule has 3 fully saturated rings. The first kappa shape index (κ1) is 16.1. The Hall–Kier alpha value is -1.43. The highest BCUT2D eigenvalue weighted by molar-refractivity contribution is 5.97. The lowest BCUT2D eigenvalue weighted by atomic mass is 9.97. The average molecular weight is 330 g/mol. The number of benzene rings is 1. The standard InChI is InChI=1S/C19H26N2O3/c1-15-4-6-16(7-5-15)21-10-2-3-17(18(21)22)20-11-8-19(9-12-20)23-13-14-24-19/h4-7,17H,2-3,8-14H2,1H3/t17-/m1/s1. The van der Waals surface area contributed by atoms with E-state index in [9.17, 15) is 4.79 Å². The van der Waals surface area contributed by atoms with E-state index in [0.717, 1.165) is 51.0 Å². The van der Waals surface area contributed by atoms with Gasteiger partial charge in [-0.05, 0) is 31.9 Å². The first-order valence-corrected chi connectivity index (χ1v) is 9.07. The summed E-state index contributed by atoms with van der Waals surface area (Å²) in [6.45, 7) is 6.03. The fourth-order valence-corrected chi connectivity index (χ4v) is 4.14. The molecular formula is C19H26N2O3. The molecule has 3 saturated heterocycles. The van der Waals surface area contributed by atoms with E-state index in [2.05, 4.69) is 36.1 Å². The Bertz CT molecular complexity index is 585. The van der Waals surface area contributed by atoms with Crippen molar-refractivity contribution < 1.29 is 14.3 Å². The summed E-state index contributed by atoms with van der Waals surface area (Å²) in [4.78, 5) is 17.3. The highest BCUT2D eigenvalue weighted by Gasteiger charge is 2.43. The van der Waals surface area contributed by atoms with Crippen LogP contribution in [0.3, 0.4) is 0 Å². The van der Waals surface area contributed by atoms with Gasteiger partial charge in [0.25, 0.3) is 0 Å². The van der Waals surface area contributed by atoms with Crippen LogP contribution < -0.4 is 4.90 Å². The second-order valence-corrected chi connectivity index (χ2v) is 7.13. The molecular weight excluding hydrogens is 304 g/mol. The second-order valence-electron chi connectivity index (χ2n) is 7.13. The van der Waals surface area contributed by atoms with Crippen molar-refractivity contribution in [1.29, 1.82) is 0 Å². The number of hydrogen-bond donors (Lipinski definition) is 0. The van der Waals surface area contributed by atoms with Crippen LogP contribution >= 0.6 is 0 Å². The van der Waals surface area contributed by atoms with Gasteiger partial charge >= 0.3 is 0 Å². The molecule has 0 saturated carbocycles. The number of likely N-dealkylation sites (tertiary alicyclic amines) is 1. The van der Waals surface area contributed by atoms with Crippen LogP contribution in [0.25, 0.3) is 0 Å². The molecule has 3 heterocycles. The molecule has 130 valence electrons. The molecule has 1 aromatic rings. The number of carbonyl (C=O) groups is 1. The van der Waals surface area contributed by atoms with Gasteiger partial charge in [-0.25, -0.2) is 0 Å². The lowest BCUT2D eigenvalue weighted by molar-refractivity contribution is -0.188. The largest absolute Gasteiger partial charge is 0.347 e. The monoisotopic (exact) mass is 330 g/mol. The van der Waals surface area contributed by atoms with Gasteiger partial charge in [0, 0.05) is 38.2 Å². The summed E-state index contributed by atoms with van der Waals surface area (Å²) in [7, 11) is 0. The van der Waals surface area contributed by atoms with Gasteiger partial charge in [0.1, 0.15) is 0 Å². The summed E-state index contributed by atoms with van der Waals surface area (Å²) in [6, 6.07) is 8.26. The molecule has 4 rings (SSSR count). The normalized spacial score (nSPS) is 27.8. The Labute approximate surface area is 143 Å². The number of nitrogens with zero attached hydrogens (tertiary/aromatic N) is 2. The quantitative estimate of drug-likeness (QED) is 0.835. The zero-order valence-electron chi connectivity index (χ0n) is 14.4. The minimum atomic E-state index is -0.370. The molecule has 1 aromatic carbocycles. The van der Waals surface area contributed by atoms with Crippen molar-refractivity contribution in [2.75, 3.05) is 37.7 Å². The zero-order valence-corrected chi connectivity index (χ0v) is 14.4. The van der Waals surface area contributed by atoms with Crippen LogP contribution in [0.15, 0.2) is 24.3 Å². The van der Waals surface area contributed by atoms with Crippen molar-refractivity contribution in [2.45, 2.75) is 44.4 Å². The Morgan fingerprint density at radius 1 is 1.04 bits per heavy atom. The molecule has 0 unspecified atom stereocenters. The van der Waals surface area contributed by atoms with Crippen LogP contribution in [-0.2, 0) is 14.3 Å². The van der Waals surface area contributed by atoms with Gasteiger partial charge < -0.3 is 14.4 Å². The first-order valence-electron chi connectivity index (χ1n) is 9.07. The average Bonchev–Trinajstić information content (AvgIpc) is 3.05. The smallest absolute Gasteiger partial charge is 0.244 e. The Balaban J connectivity index is 1.44. The number of rotatable bonds is 2. The van der Waals surface area contributed by atoms with Gasteiger partial charge in [0.2, 0.25) is 5.91 Å². The van der Waals surface area contributed by atoms with Gasteiger partial charge in [-0.1, -0.05) is 17.7 Å². The third-order valence-corrected chi connectivity index (χ3v) is 5.57. The van der Waals surface area contributed by atoms with E-state index >= 15 is 0 Å². The van der Waals surface area contributed by atoms with Crippen molar-refractivity contribution in [2.24, 2.45) is 0 Å². The highest BCUT2D eigenvalue weighted by atomic mass is 16.7. The summed E-state index contributed by atoms with van der Waals surface area (Å²) < 4.78 is 11.6. The fourth-order valence-electron chi connectivity index (χ4n) is 4.14. The van der Waals surface area contributed by atoms with Crippen LogP contribution in [0.5, 0.6) is 0 Å². The minimum Gasteiger partial charge on any atom is -0.347 e. The maximum atomic E-state index is 13.0. The zero-order chi connectivity index (χ0) is 16.6. The van der Waals surface area contributed by atoms with E-state index in [0.29, 0.717) is 13.2 Å². The van der Waals surface area contributed by atoms with Crippen molar-refractivity contribution in [3.63, 3.8) is 0 Å². The van der Waals surface area contributed by atoms with E-state index in [1.165, 1.54) is 5.56 Å². The summed E-state index contributed by atoms with van der Waals surface area (Å²) in [5.74, 6) is -0.125. The molecule has 0 aromatic heterocycles. The number of hydrogen-bond acceptors (Lipinski definition) is 4. The molecule has 5 heteroatoms. The molecule has 0 radical (unpaired) electrons. The molecule has 24 heavy (non-hydrogen) atoms. The van der Waals surface area contributed by atoms with Crippen LogP contribution in [0.1, 0.15) is 31.2 Å². The Morgan fingerprint density at radius 3 is 2.38 bits per heavy atom. The van der Waals surface area contributed by atoms with E-state index in [1.807, 2.05) is 4.90 Å². The lowest BCUT2D eigenvalue weighted by Gasteiger charge is -2.43. The molecule has 1 spiro atoms. The summed E-state index contributed by atoms with van der Waals surface area (Å²) in [5, 5.41) is 0. The molecule has 5 nitrogen and oxygen atoms in total. The fraction of sp³-hybridized carbons (Fsp3) is 0.632. The van der Waals surface area contributed by atoms with E-state index in [1.54, 1.807) is 0 Å². The summed E-state index contributed by atoms with van der Waals surface area (Å²) in [5.41, 5.74) is 2.24. The van der Waals surface area contributed by atoms with Gasteiger partial charge in [0.15, 0.2) is 5.79 Å². The molecule has 0 aliphatic carbocycles. The van der Waals surface area contributed by atoms with E-state index < -0.39 is 0 Å². The number of amides is 1. The maximum Gasteiger partial charge on any atom is 0.244 e. The van der Waals surface area contributed by atoms with Gasteiger partial charge in [-0.15, -0.1) is 0 Å². The van der Waals surface area contributed by atoms with Crippen molar-refractivity contribution in [3.05, 3.63) is 29.8 Å². The molecule has 3 aliphatic heterocycles. The predicted octanol–water partition coefficient (Wildman–Crippen LogP) is 2.33. The maximum absolute atomic E-state index is 13.0. The van der Waals surface area contributed by atoms with E-state index in [-0.39, 0.29) is 17.7 Å². The van der Waals surface area contributed by atoms with E-state index in [4.69, 9.17) is 9.47 Å². The molecule has 0 bridgehead atoms. The van der Waals surface area contributed by atoms with Gasteiger partial charge in [-0.2, -0.15) is 0 Å². The topological polar surface area (TPSA) is 42.0 Å². The van der Waals surface area contributed by atoms with Crippen LogP contribution in [0.2, 0.25) is 0 Å². The molecule has 0 N–H and O–H groups in total. The van der Waals surface area contributed by atoms with Crippen molar-refractivity contribution >= 4 is 11.6 Å². The second kappa shape index (κ2) is 6.47. The number of aryl methyl sites for hydroxylation is 1. The van der Waals surface area contributed by atoms with Gasteiger partial charge in [-0.3, -0.25) is 9.69 Å². The summed E-state index contributed by atoms with van der Waals surface area (Å²) in [6.07, 6.45) is 3.73. The Morgan fingerprint density at radius 2 is 1.71 bits per heavy atom. The SMILES string of the molecule is Cc1ccc(N2CCC[C@@H](N3CCC4(CC3)OCCO4)C2=O)cc1. The Kier molecular flexibility index (Phi) is 4.33. The van der Waals surface area contributed by atoms with Crippen LogP contribution in [-0.4, -0.2) is 55.5 Å². The number of anilines is 1. The van der Waals surface area contributed by atoms with Crippen LogP contribution in [0, 0.1) is 6.92 Å². The minimum absolute atomic E-state index is 0.00111. The highest BCUT2D eigenvalue weighted by Crippen LogP contribution is 2.33. The third-order valence-electron chi connectivity index (χ3n) is 5.57. The van der Waals surface area contributed by atoms with Crippen molar-refractivity contribution in [1.82, 2.24) is 4.90 Å². The molecule has 1 atom stereocenters.